The molecule has 0 aromatic heterocycles. The van der Waals surface area contributed by atoms with Gasteiger partial charge in [-0.1, -0.05) is 57.2 Å². The Morgan fingerprint density at radius 2 is 1.84 bits per heavy atom. The van der Waals surface area contributed by atoms with Crippen LogP contribution in [0.1, 0.15) is 69.8 Å². The number of carbonyl (C=O) groups excluding carboxylic acids is 1. The lowest BCUT2D eigenvalue weighted by atomic mass is 9.94. The SMILES string of the molecule is C=CCOc1ccc(C=C2SC(=NC3CCCCC3)N(C3CCCCC3)C2=O)cc1Br. The van der Waals surface area contributed by atoms with Crippen LogP contribution < -0.4 is 4.74 Å². The predicted octanol–water partition coefficient (Wildman–Crippen LogP) is 6.95. The second-order valence-corrected chi connectivity index (χ2v) is 10.4. The standard InChI is InChI=1S/C25H31BrN2O2S/c1-2-15-30-22-14-13-18(16-21(22)26)17-23-24(29)28(20-11-7-4-8-12-20)25(31-23)27-19-9-5-3-6-10-19/h2,13-14,16-17,19-20H,1,3-12,15H2. The van der Waals surface area contributed by atoms with Crippen LogP contribution in [-0.2, 0) is 4.79 Å². The topological polar surface area (TPSA) is 41.9 Å². The molecule has 0 atom stereocenters. The zero-order valence-electron chi connectivity index (χ0n) is 18.0. The average molecular weight is 504 g/mol. The summed E-state index contributed by atoms with van der Waals surface area (Å²) in [5.41, 5.74) is 0.983. The fraction of sp³-hybridized carbons (Fsp3) is 0.520. The molecule has 2 saturated carbocycles. The summed E-state index contributed by atoms with van der Waals surface area (Å²) in [6, 6.07) is 6.58. The quantitative estimate of drug-likeness (QED) is 0.312. The first-order valence-electron chi connectivity index (χ1n) is 11.5. The van der Waals surface area contributed by atoms with Gasteiger partial charge in [0.1, 0.15) is 12.4 Å². The van der Waals surface area contributed by atoms with Crippen molar-refractivity contribution in [2.24, 2.45) is 4.99 Å². The van der Waals surface area contributed by atoms with Gasteiger partial charge >= 0.3 is 0 Å². The molecule has 0 radical (unpaired) electrons. The highest BCUT2D eigenvalue weighted by Gasteiger charge is 2.39. The van der Waals surface area contributed by atoms with Crippen LogP contribution in [0.2, 0.25) is 0 Å². The lowest BCUT2D eigenvalue weighted by Gasteiger charge is -2.31. The number of ether oxygens (including phenoxy) is 1. The zero-order valence-corrected chi connectivity index (χ0v) is 20.4. The molecule has 1 aromatic carbocycles. The summed E-state index contributed by atoms with van der Waals surface area (Å²) in [5.74, 6) is 0.894. The first-order valence-corrected chi connectivity index (χ1v) is 13.1. The van der Waals surface area contributed by atoms with Crippen LogP contribution in [-0.4, -0.2) is 34.7 Å². The minimum absolute atomic E-state index is 0.120. The van der Waals surface area contributed by atoms with E-state index >= 15 is 0 Å². The lowest BCUT2D eigenvalue weighted by Crippen LogP contribution is -2.41. The van der Waals surface area contributed by atoms with Crippen molar-refractivity contribution in [2.45, 2.75) is 76.3 Å². The molecule has 166 valence electrons. The molecule has 3 aliphatic rings. The second kappa shape index (κ2) is 10.9. The lowest BCUT2D eigenvalue weighted by molar-refractivity contribution is -0.124. The van der Waals surface area contributed by atoms with Crippen molar-refractivity contribution in [3.05, 3.63) is 45.8 Å². The Kier molecular flexibility index (Phi) is 7.94. The summed E-state index contributed by atoms with van der Waals surface area (Å²) in [6.07, 6.45) is 15.7. The number of benzene rings is 1. The fourth-order valence-corrected chi connectivity index (χ4v) is 6.25. The molecular formula is C25H31BrN2O2S. The fourth-order valence-electron chi connectivity index (χ4n) is 4.63. The molecule has 0 spiro atoms. The van der Waals surface area contributed by atoms with Crippen molar-refractivity contribution in [1.29, 1.82) is 0 Å². The Morgan fingerprint density at radius 1 is 1.13 bits per heavy atom. The van der Waals surface area contributed by atoms with E-state index in [4.69, 9.17) is 9.73 Å². The molecule has 3 fully saturated rings. The molecule has 0 unspecified atom stereocenters. The predicted molar refractivity (Wildman–Crippen MR) is 133 cm³/mol. The largest absolute Gasteiger partial charge is 0.488 e. The van der Waals surface area contributed by atoms with E-state index in [0.29, 0.717) is 18.7 Å². The maximum Gasteiger partial charge on any atom is 0.266 e. The van der Waals surface area contributed by atoms with E-state index in [-0.39, 0.29) is 5.91 Å². The third-order valence-corrected chi connectivity index (χ3v) is 7.87. The highest BCUT2D eigenvalue weighted by Crippen LogP contribution is 2.39. The van der Waals surface area contributed by atoms with E-state index in [2.05, 4.69) is 22.5 Å². The highest BCUT2D eigenvalue weighted by atomic mass is 79.9. The van der Waals surface area contributed by atoms with E-state index < -0.39 is 0 Å². The third kappa shape index (κ3) is 5.64. The van der Waals surface area contributed by atoms with Crippen LogP contribution in [0.4, 0.5) is 0 Å². The number of rotatable bonds is 6. The average Bonchev–Trinajstić information content (AvgIpc) is 3.09. The molecule has 1 amide bonds. The number of amides is 1. The number of halogens is 1. The number of aliphatic imine (C=N–C) groups is 1. The number of hydrogen-bond acceptors (Lipinski definition) is 4. The Balaban J connectivity index is 1.59. The van der Waals surface area contributed by atoms with Gasteiger partial charge in [0.15, 0.2) is 5.17 Å². The maximum atomic E-state index is 13.5. The third-order valence-electron chi connectivity index (χ3n) is 6.25. The molecule has 1 heterocycles. The van der Waals surface area contributed by atoms with Crippen molar-refractivity contribution in [3.8, 4) is 5.75 Å². The van der Waals surface area contributed by atoms with Gasteiger partial charge in [0.05, 0.1) is 15.4 Å². The van der Waals surface area contributed by atoms with Gasteiger partial charge in [0.2, 0.25) is 0 Å². The number of thioether (sulfide) groups is 1. The molecule has 0 N–H and O–H groups in total. The minimum Gasteiger partial charge on any atom is -0.488 e. The smallest absolute Gasteiger partial charge is 0.266 e. The van der Waals surface area contributed by atoms with Crippen LogP contribution >= 0.6 is 27.7 Å². The van der Waals surface area contributed by atoms with Gasteiger partial charge in [0, 0.05) is 6.04 Å². The Morgan fingerprint density at radius 3 is 2.52 bits per heavy atom. The summed E-state index contributed by atoms with van der Waals surface area (Å²) in [7, 11) is 0. The number of hydrogen-bond donors (Lipinski definition) is 0. The summed E-state index contributed by atoms with van der Waals surface area (Å²) in [6.45, 7) is 4.15. The molecule has 1 aromatic rings. The van der Waals surface area contributed by atoms with Crippen LogP contribution in [0.25, 0.3) is 6.08 Å². The van der Waals surface area contributed by atoms with Gasteiger partial charge in [-0.15, -0.1) is 0 Å². The molecule has 1 saturated heterocycles. The van der Waals surface area contributed by atoms with Crippen molar-refractivity contribution < 1.29 is 9.53 Å². The van der Waals surface area contributed by atoms with Crippen LogP contribution in [0, 0.1) is 0 Å². The Bertz CT molecular complexity index is 870. The Hall–Kier alpha value is -1.53. The first-order chi connectivity index (χ1) is 15.2. The second-order valence-electron chi connectivity index (χ2n) is 8.57. The molecule has 1 aliphatic heterocycles. The van der Waals surface area contributed by atoms with E-state index in [9.17, 15) is 4.79 Å². The van der Waals surface area contributed by atoms with Gasteiger partial charge in [-0.2, -0.15) is 0 Å². The van der Waals surface area contributed by atoms with Gasteiger partial charge in [0.25, 0.3) is 5.91 Å². The summed E-state index contributed by atoms with van der Waals surface area (Å²) >= 11 is 5.14. The number of nitrogens with zero attached hydrogens (tertiary/aromatic N) is 2. The Labute approximate surface area is 198 Å². The molecular weight excluding hydrogens is 472 g/mol. The summed E-state index contributed by atoms with van der Waals surface area (Å²) in [4.78, 5) is 21.4. The molecule has 2 aliphatic carbocycles. The molecule has 0 bridgehead atoms. The van der Waals surface area contributed by atoms with E-state index in [0.717, 1.165) is 51.5 Å². The van der Waals surface area contributed by atoms with Crippen LogP contribution in [0.3, 0.4) is 0 Å². The molecule has 4 rings (SSSR count). The van der Waals surface area contributed by atoms with Crippen molar-refractivity contribution in [2.75, 3.05) is 6.61 Å². The van der Waals surface area contributed by atoms with Gasteiger partial charge in [-0.25, -0.2) is 0 Å². The molecule has 31 heavy (non-hydrogen) atoms. The van der Waals surface area contributed by atoms with Gasteiger partial charge in [-0.05, 0) is 77.1 Å². The minimum atomic E-state index is 0.120. The zero-order chi connectivity index (χ0) is 21.6. The van der Waals surface area contributed by atoms with Crippen LogP contribution in [0.5, 0.6) is 5.75 Å². The van der Waals surface area contributed by atoms with Crippen molar-refractivity contribution in [3.63, 3.8) is 0 Å². The van der Waals surface area contributed by atoms with E-state index in [1.54, 1.807) is 17.8 Å². The summed E-state index contributed by atoms with van der Waals surface area (Å²) < 4.78 is 6.52. The normalized spacial score (nSPS) is 23.6. The van der Waals surface area contributed by atoms with Crippen molar-refractivity contribution in [1.82, 2.24) is 4.90 Å². The van der Waals surface area contributed by atoms with E-state index in [1.807, 2.05) is 29.2 Å². The molecule has 6 heteroatoms. The van der Waals surface area contributed by atoms with Crippen LogP contribution in [0.15, 0.2) is 45.2 Å². The van der Waals surface area contributed by atoms with Gasteiger partial charge < -0.3 is 4.74 Å². The number of amidine groups is 1. The van der Waals surface area contributed by atoms with E-state index in [1.165, 1.54) is 38.5 Å². The highest BCUT2D eigenvalue weighted by molar-refractivity contribution is 9.10. The first kappa shape index (κ1) is 22.7. The maximum absolute atomic E-state index is 13.5. The monoisotopic (exact) mass is 502 g/mol. The van der Waals surface area contributed by atoms with Gasteiger partial charge in [-0.3, -0.25) is 14.7 Å². The molecule has 4 nitrogen and oxygen atoms in total. The number of carbonyl (C=O) groups is 1. The summed E-state index contributed by atoms with van der Waals surface area (Å²) in [5, 5.41) is 0.931. The van der Waals surface area contributed by atoms with Crippen molar-refractivity contribution >= 4 is 44.8 Å².